The van der Waals surface area contributed by atoms with Crippen molar-refractivity contribution < 1.29 is 31.5 Å². The third kappa shape index (κ3) is 4.44. The van der Waals surface area contributed by atoms with Crippen molar-refractivity contribution in [3.05, 3.63) is 47.8 Å². The Bertz CT molecular complexity index is 916. The Hall–Kier alpha value is -3.15. The molecular weight excluding hydrogens is 362 g/mol. The van der Waals surface area contributed by atoms with Gasteiger partial charge in [0.25, 0.3) is 10.0 Å². The number of anilines is 1. The number of aromatic nitrogens is 2. The highest BCUT2D eigenvalue weighted by molar-refractivity contribution is 7.90. The molecule has 1 aromatic heterocycles. The van der Waals surface area contributed by atoms with E-state index in [0.717, 1.165) is 13.2 Å². The summed E-state index contributed by atoms with van der Waals surface area (Å²) in [6.07, 6.45) is 0. The molecule has 0 spiro atoms. The smallest absolute Gasteiger partial charge is 0.339 e. The number of nitrogens with zero attached hydrogens (tertiary/aromatic N) is 2. The van der Waals surface area contributed by atoms with E-state index in [2.05, 4.69) is 14.7 Å². The Morgan fingerprint density at radius 1 is 1.12 bits per heavy atom. The molecule has 0 unspecified atom stereocenters. The van der Waals surface area contributed by atoms with Crippen molar-refractivity contribution in [2.45, 2.75) is 4.90 Å². The first-order valence-electron chi connectivity index (χ1n) is 6.44. The van der Waals surface area contributed by atoms with E-state index in [0.29, 0.717) is 6.07 Å². The molecule has 9 nitrogen and oxygen atoms in total. The SMILES string of the molecule is COC(=O)c1ccccc1S(=O)(=O)NC(=O)Nc1nc(F)cc(F)n1. The van der Waals surface area contributed by atoms with Gasteiger partial charge in [0.05, 0.1) is 12.7 Å². The molecule has 12 heteroatoms. The summed E-state index contributed by atoms with van der Waals surface area (Å²) in [7, 11) is -3.43. The van der Waals surface area contributed by atoms with Crippen LogP contribution in [-0.2, 0) is 14.8 Å². The van der Waals surface area contributed by atoms with Crippen molar-refractivity contribution in [2.24, 2.45) is 0 Å². The minimum atomic E-state index is -4.49. The highest BCUT2D eigenvalue weighted by atomic mass is 32.2. The van der Waals surface area contributed by atoms with Gasteiger partial charge in [-0.25, -0.2) is 22.7 Å². The second kappa shape index (κ2) is 7.17. The van der Waals surface area contributed by atoms with Crippen LogP contribution in [0.25, 0.3) is 0 Å². The van der Waals surface area contributed by atoms with Gasteiger partial charge >= 0.3 is 12.0 Å². The van der Waals surface area contributed by atoms with Crippen LogP contribution < -0.4 is 10.0 Å². The number of esters is 1. The Kier molecular flexibility index (Phi) is 5.22. The molecule has 2 N–H and O–H groups in total. The fraction of sp³-hybridized carbons (Fsp3) is 0.0769. The summed E-state index contributed by atoms with van der Waals surface area (Å²) >= 11 is 0. The van der Waals surface area contributed by atoms with Crippen molar-refractivity contribution in [1.29, 1.82) is 0 Å². The maximum Gasteiger partial charge on any atom is 0.339 e. The summed E-state index contributed by atoms with van der Waals surface area (Å²) in [5.41, 5.74) is -0.307. The third-order valence-corrected chi connectivity index (χ3v) is 4.09. The summed E-state index contributed by atoms with van der Waals surface area (Å²) in [5, 5.41) is 1.76. The molecule has 0 saturated heterocycles. The summed E-state index contributed by atoms with van der Waals surface area (Å²) in [4.78, 5) is 29.0. The molecule has 0 aliphatic heterocycles. The lowest BCUT2D eigenvalue weighted by Crippen LogP contribution is -2.35. The average Bonchev–Trinajstić information content (AvgIpc) is 2.52. The number of carbonyl (C=O) groups is 2. The number of urea groups is 1. The van der Waals surface area contributed by atoms with Gasteiger partial charge < -0.3 is 4.74 Å². The van der Waals surface area contributed by atoms with E-state index >= 15 is 0 Å². The van der Waals surface area contributed by atoms with Crippen molar-refractivity contribution in [2.75, 3.05) is 12.4 Å². The van der Waals surface area contributed by atoms with Gasteiger partial charge in [-0.05, 0) is 12.1 Å². The van der Waals surface area contributed by atoms with Gasteiger partial charge in [0.1, 0.15) is 4.90 Å². The summed E-state index contributed by atoms with van der Waals surface area (Å²) in [6, 6.07) is 3.96. The van der Waals surface area contributed by atoms with Gasteiger partial charge in [-0.3, -0.25) is 5.32 Å². The molecule has 0 aliphatic carbocycles. The largest absolute Gasteiger partial charge is 0.465 e. The lowest BCUT2D eigenvalue weighted by Gasteiger charge is -2.10. The fourth-order valence-electron chi connectivity index (χ4n) is 1.73. The maximum absolute atomic E-state index is 12.9. The van der Waals surface area contributed by atoms with E-state index < -0.39 is 44.8 Å². The fourth-order valence-corrected chi connectivity index (χ4v) is 2.83. The molecule has 0 radical (unpaired) electrons. The molecular formula is C13H10F2N4O5S. The number of hydrogen-bond donors (Lipinski definition) is 2. The second-order valence-corrected chi connectivity index (χ2v) is 6.04. The predicted octanol–water partition coefficient (Wildman–Crippen LogP) is 1.05. The Morgan fingerprint density at radius 2 is 1.72 bits per heavy atom. The maximum atomic E-state index is 12.9. The van der Waals surface area contributed by atoms with Gasteiger partial charge in [-0.1, -0.05) is 12.1 Å². The molecule has 1 heterocycles. The molecule has 0 fully saturated rings. The van der Waals surface area contributed by atoms with Crippen molar-refractivity contribution >= 4 is 28.0 Å². The first-order valence-corrected chi connectivity index (χ1v) is 7.92. The minimum Gasteiger partial charge on any atom is -0.465 e. The van der Waals surface area contributed by atoms with E-state index in [1.54, 1.807) is 10.0 Å². The standard InChI is InChI=1S/C13H10F2N4O5S/c1-24-11(20)7-4-2-3-5-8(7)25(22,23)19-13(21)18-12-16-9(14)6-10(15)17-12/h2-6H,1H3,(H2,16,17,18,19,21). The van der Waals surface area contributed by atoms with Gasteiger partial charge in [-0.2, -0.15) is 18.7 Å². The van der Waals surface area contributed by atoms with Gasteiger partial charge in [0.15, 0.2) is 0 Å². The normalized spacial score (nSPS) is 10.8. The minimum absolute atomic E-state index is 0.307. The van der Waals surface area contributed by atoms with Crippen LogP contribution in [0.1, 0.15) is 10.4 Å². The van der Waals surface area contributed by atoms with Crippen LogP contribution in [-0.4, -0.2) is 37.5 Å². The molecule has 0 aliphatic rings. The van der Waals surface area contributed by atoms with Crippen LogP contribution in [0.3, 0.4) is 0 Å². The van der Waals surface area contributed by atoms with Crippen LogP contribution in [0.2, 0.25) is 0 Å². The second-order valence-electron chi connectivity index (χ2n) is 4.38. The first kappa shape index (κ1) is 18.2. The predicted molar refractivity (Wildman–Crippen MR) is 79.1 cm³/mol. The number of ether oxygens (including phenoxy) is 1. The van der Waals surface area contributed by atoms with E-state index in [4.69, 9.17) is 0 Å². The van der Waals surface area contributed by atoms with Crippen molar-refractivity contribution in [3.8, 4) is 0 Å². The number of nitrogens with one attached hydrogen (secondary N) is 2. The molecule has 0 saturated carbocycles. The van der Waals surface area contributed by atoms with E-state index in [1.807, 2.05) is 0 Å². The number of hydrogen-bond acceptors (Lipinski definition) is 7. The zero-order valence-electron chi connectivity index (χ0n) is 12.5. The average molecular weight is 372 g/mol. The van der Waals surface area contributed by atoms with Crippen LogP contribution in [0.4, 0.5) is 19.5 Å². The highest BCUT2D eigenvalue weighted by Crippen LogP contribution is 2.16. The molecule has 2 rings (SSSR count). The monoisotopic (exact) mass is 372 g/mol. The summed E-state index contributed by atoms with van der Waals surface area (Å²) in [5.74, 6) is -4.24. The molecule has 0 bridgehead atoms. The van der Waals surface area contributed by atoms with Crippen molar-refractivity contribution in [3.63, 3.8) is 0 Å². The topological polar surface area (TPSA) is 127 Å². The molecule has 132 valence electrons. The Labute approximate surface area is 140 Å². The zero-order valence-corrected chi connectivity index (χ0v) is 13.3. The number of amides is 2. The van der Waals surface area contributed by atoms with E-state index in [-0.39, 0.29) is 5.56 Å². The quantitative estimate of drug-likeness (QED) is 0.606. The van der Waals surface area contributed by atoms with Crippen LogP contribution in [0.15, 0.2) is 35.2 Å². The zero-order chi connectivity index (χ0) is 18.6. The third-order valence-electron chi connectivity index (χ3n) is 2.70. The number of benzene rings is 1. The van der Waals surface area contributed by atoms with Crippen LogP contribution in [0, 0.1) is 11.9 Å². The lowest BCUT2D eigenvalue weighted by molar-refractivity contribution is 0.0596. The number of carbonyl (C=O) groups excluding carboxylic acids is 2. The van der Waals surface area contributed by atoms with Gasteiger partial charge in [0.2, 0.25) is 17.8 Å². The van der Waals surface area contributed by atoms with Crippen LogP contribution >= 0.6 is 0 Å². The highest BCUT2D eigenvalue weighted by Gasteiger charge is 2.25. The lowest BCUT2D eigenvalue weighted by atomic mass is 10.2. The van der Waals surface area contributed by atoms with Crippen molar-refractivity contribution in [1.82, 2.24) is 14.7 Å². The Morgan fingerprint density at radius 3 is 2.32 bits per heavy atom. The molecule has 1 aromatic carbocycles. The molecule has 2 aromatic rings. The van der Waals surface area contributed by atoms with Gasteiger partial charge in [-0.15, -0.1) is 0 Å². The first-order chi connectivity index (χ1) is 11.7. The molecule has 2 amide bonds. The summed E-state index contributed by atoms with van der Waals surface area (Å²) in [6.45, 7) is 0. The van der Waals surface area contributed by atoms with E-state index in [9.17, 15) is 26.8 Å². The number of methoxy groups -OCH3 is 1. The van der Waals surface area contributed by atoms with E-state index in [1.165, 1.54) is 18.2 Å². The summed E-state index contributed by atoms with van der Waals surface area (Å²) < 4.78 is 56.4. The number of rotatable bonds is 4. The molecule has 25 heavy (non-hydrogen) atoms. The number of sulfonamides is 1. The Balaban J connectivity index is 2.24. The molecule has 0 atom stereocenters. The number of halogens is 2. The van der Waals surface area contributed by atoms with Gasteiger partial charge in [0, 0.05) is 6.07 Å². The van der Waals surface area contributed by atoms with Crippen LogP contribution in [0.5, 0.6) is 0 Å².